The number of carboxylic acids is 1. The molecule has 0 unspecified atom stereocenters. The summed E-state index contributed by atoms with van der Waals surface area (Å²) in [5.74, 6) is -1.01. The standard InChI is InChI=1S/C11H16N2O4S2/c1-12(2)19(16,17)13(3)7-9-6-10(18-8-9)4-5-11(14)15/h4-6,8H,7H2,1-3H3,(H,14,15). The zero-order valence-electron chi connectivity index (χ0n) is 10.9. The van der Waals surface area contributed by atoms with Crippen molar-refractivity contribution in [2.45, 2.75) is 6.54 Å². The van der Waals surface area contributed by atoms with Crippen LogP contribution in [0.1, 0.15) is 10.4 Å². The maximum atomic E-state index is 11.8. The van der Waals surface area contributed by atoms with Crippen molar-refractivity contribution in [3.05, 3.63) is 28.0 Å². The van der Waals surface area contributed by atoms with Gasteiger partial charge in [0.05, 0.1) is 0 Å². The highest BCUT2D eigenvalue weighted by molar-refractivity contribution is 7.86. The van der Waals surface area contributed by atoms with Crippen molar-refractivity contribution < 1.29 is 18.3 Å². The highest BCUT2D eigenvalue weighted by atomic mass is 32.2. The van der Waals surface area contributed by atoms with E-state index in [4.69, 9.17) is 5.11 Å². The number of hydrogen-bond donors (Lipinski definition) is 1. The monoisotopic (exact) mass is 304 g/mol. The van der Waals surface area contributed by atoms with Gasteiger partial charge < -0.3 is 5.11 Å². The van der Waals surface area contributed by atoms with Crippen molar-refractivity contribution in [3.63, 3.8) is 0 Å². The third kappa shape index (κ3) is 4.43. The topological polar surface area (TPSA) is 77.9 Å². The molecule has 1 heterocycles. The molecule has 0 bridgehead atoms. The fourth-order valence-corrected chi connectivity index (χ4v) is 3.00. The molecule has 0 aliphatic carbocycles. The van der Waals surface area contributed by atoms with Crippen LogP contribution in [0.3, 0.4) is 0 Å². The van der Waals surface area contributed by atoms with Crippen LogP contribution in [0.4, 0.5) is 0 Å². The predicted molar refractivity (Wildman–Crippen MR) is 75.1 cm³/mol. The van der Waals surface area contributed by atoms with Crippen molar-refractivity contribution in [1.29, 1.82) is 0 Å². The van der Waals surface area contributed by atoms with Gasteiger partial charge in [-0.05, 0) is 23.1 Å². The molecule has 0 spiro atoms. The van der Waals surface area contributed by atoms with Gasteiger partial charge in [0.2, 0.25) is 0 Å². The summed E-state index contributed by atoms with van der Waals surface area (Å²) in [5, 5.41) is 10.3. The van der Waals surface area contributed by atoms with E-state index in [9.17, 15) is 13.2 Å². The van der Waals surface area contributed by atoms with Crippen LogP contribution >= 0.6 is 11.3 Å². The molecule has 6 nitrogen and oxygen atoms in total. The van der Waals surface area contributed by atoms with Crippen LogP contribution in [-0.2, 0) is 21.5 Å². The highest BCUT2D eigenvalue weighted by Crippen LogP contribution is 2.18. The van der Waals surface area contributed by atoms with Crippen molar-refractivity contribution in [3.8, 4) is 0 Å². The fourth-order valence-electron chi connectivity index (χ4n) is 1.34. The van der Waals surface area contributed by atoms with Gasteiger partial charge in [-0.1, -0.05) is 0 Å². The number of nitrogens with zero attached hydrogens (tertiary/aromatic N) is 2. The molecule has 106 valence electrons. The second-order valence-electron chi connectivity index (χ2n) is 4.08. The van der Waals surface area contributed by atoms with Gasteiger partial charge in [0.1, 0.15) is 0 Å². The molecule has 0 atom stereocenters. The first-order valence-corrected chi connectivity index (χ1v) is 7.63. The summed E-state index contributed by atoms with van der Waals surface area (Å²) in [6, 6.07) is 1.77. The molecular weight excluding hydrogens is 288 g/mol. The molecule has 0 aromatic carbocycles. The van der Waals surface area contributed by atoms with Gasteiger partial charge in [-0.15, -0.1) is 11.3 Å². The van der Waals surface area contributed by atoms with Crippen LogP contribution in [0.15, 0.2) is 17.5 Å². The van der Waals surface area contributed by atoms with Crippen LogP contribution in [0.25, 0.3) is 6.08 Å². The number of hydrogen-bond acceptors (Lipinski definition) is 4. The van der Waals surface area contributed by atoms with Crippen LogP contribution < -0.4 is 0 Å². The lowest BCUT2D eigenvalue weighted by Gasteiger charge is -2.20. The van der Waals surface area contributed by atoms with E-state index >= 15 is 0 Å². The first kappa shape index (κ1) is 15.8. The van der Waals surface area contributed by atoms with E-state index in [2.05, 4.69) is 0 Å². The minimum Gasteiger partial charge on any atom is -0.478 e. The number of thiophene rings is 1. The zero-order valence-corrected chi connectivity index (χ0v) is 12.5. The minimum absolute atomic E-state index is 0.248. The highest BCUT2D eigenvalue weighted by Gasteiger charge is 2.20. The lowest BCUT2D eigenvalue weighted by Crippen LogP contribution is -2.36. The second-order valence-corrected chi connectivity index (χ2v) is 7.27. The van der Waals surface area contributed by atoms with E-state index in [1.807, 2.05) is 5.38 Å². The van der Waals surface area contributed by atoms with Crippen molar-refractivity contribution in [1.82, 2.24) is 8.61 Å². The molecule has 1 N–H and O–H groups in total. The average molecular weight is 304 g/mol. The fraction of sp³-hybridized carbons (Fsp3) is 0.364. The van der Waals surface area contributed by atoms with E-state index < -0.39 is 16.2 Å². The quantitative estimate of drug-likeness (QED) is 0.798. The van der Waals surface area contributed by atoms with Gasteiger partial charge in [0.15, 0.2) is 0 Å². The zero-order chi connectivity index (χ0) is 14.6. The molecule has 1 rings (SSSR count). The maximum Gasteiger partial charge on any atom is 0.328 e. The van der Waals surface area contributed by atoms with Gasteiger partial charge in [0, 0.05) is 38.6 Å². The molecule has 1 aromatic rings. The number of rotatable bonds is 6. The predicted octanol–water partition coefficient (Wildman–Crippen LogP) is 1.08. The van der Waals surface area contributed by atoms with Gasteiger partial charge in [-0.3, -0.25) is 0 Å². The lowest BCUT2D eigenvalue weighted by molar-refractivity contribution is -0.131. The van der Waals surface area contributed by atoms with Gasteiger partial charge in [-0.2, -0.15) is 17.0 Å². The first-order valence-electron chi connectivity index (χ1n) is 5.35. The Morgan fingerprint density at radius 1 is 1.42 bits per heavy atom. The van der Waals surface area contributed by atoms with Crippen molar-refractivity contribution >= 4 is 33.6 Å². The Hall–Kier alpha value is -1.22. The van der Waals surface area contributed by atoms with E-state index in [1.54, 1.807) is 6.07 Å². The molecule has 19 heavy (non-hydrogen) atoms. The molecule has 0 amide bonds. The summed E-state index contributed by atoms with van der Waals surface area (Å²) in [6.07, 6.45) is 2.53. The number of carbonyl (C=O) groups is 1. The summed E-state index contributed by atoms with van der Waals surface area (Å²) in [7, 11) is 1.01. The molecule has 0 radical (unpaired) electrons. The molecule has 0 aliphatic rings. The Morgan fingerprint density at radius 2 is 2.05 bits per heavy atom. The Bertz CT molecular complexity index is 575. The Morgan fingerprint density at radius 3 is 2.58 bits per heavy atom. The van der Waals surface area contributed by atoms with Crippen LogP contribution in [-0.4, -0.2) is 49.2 Å². The Balaban J connectivity index is 2.77. The summed E-state index contributed by atoms with van der Waals surface area (Å²) >= 11 is 1.37. The maximum absolute atomic E-state index is 11.8. The summed E-state index contributed by atoms with van der Waals surface area (Å²) in [5.41, 5.74) is 0.822. The largest absolute Gasteiger partial charge is 0.478 e. The SMILES string of the molecule is CN(C)S(=O)(=O)N(C)Cc1csc(C=CC(=O)O)c1. The van der Waals surface area contributed by atoms with Crippen LogP contribution in [0.2, 0.25) is 0 Å². The van der Waals surface area contributed by atoms with E-state index in [1.165, 1.54) is 42.9 Å². The van der Waals surface area contributed by atoms with Gasteiger partial charge in [0.25, 0.3) is 10.2 Å². The average Bonchev–Trinajstić information content (AvgIpc) is 2.73. The van der Waals surface area contributed by atoms with Gasteiger partial charge in [-0.25, -0.2) is 4.79 Å². The van der Waals surface area contributed by atoms with Gasteiger partial charge >= 0.3 is 5.97 Å². The van der Waals surface area contributed by atoms with Crippen LogP contribution in [0.5, 0.6) is 0 Å². The van der Waals surface area contributed by atoms with Crippen LogP contribution in [0, 0.1) is 0 Å². The second kappa shape index (κ2) is 6.29. The lowest BCUT2D eigenvalue weighted by atomic mass is 10.3. The molecule has 0 saturated carbocycles. The Labute approximate surface area is 116 Å². The number of aliphatic carboxylic acids is 1. The molecular formula is C11H16N2O4S2. The number of carboxylic acid groups (broad SMARTS) is 1. The van der Waals surface area contributed by atoms with E-state index in [0.717, 1.165) is 20.8 Å². The Kier molecular flexibility index (Phi) is 5.24. The summed E-state index contributed by atoms with van der Waals surface area (Å²) < 4.78 is 26.0. The third-order valence-electron chi connectivity index (χ3n) is 2.32. The minimum atomic E-state index is -3.43. The van der Waals surface area contributed by atoms with Crippen molar-refractivity contribution in [2.24, 2.45) is 0 Å². The summed E-state index contributed by atoms with van der Waals surface area (Å²) in [6.45, 7) is 0.248. The van der Waals surface area contributed by atoms with E-state index in [-0.39, 0.29) is 6.54 Å². The molecule has 0 fully saturated rings. The molecule has 0 aliphatic heterocycles. The third-order valence-corrected chi connectivity index (χ3v) is 5.11. The molecule has 8 heteroatoms. The summed E-state index contributed by atoms with van der Waals surface area (Å²) in [4.78, 5) is 11.2. The van der Waals surface area contributed by atoms with E-state index in [0.29, 0.717) is 0 Å². The molecule has 0 saturated heterocycles. The normalized spacial score (nSPS) is 12.7. The molecule has 1 aromatic heterocycles. The smallest absolute Gasteiger partial charge is 0.328 e. The first-order chi connectivity index (χ1) is 8.73. The van der Waals surface area contributed by atoms with Crippen molar-refractivity contribution in [2.75, 3.05) is 21.1 Å².